The van der Waals surface area contributed by atoms with Gasteiger partial charge in [-0.15, -0.1) is 0 Å². The highest BCUT2D eigenvalue weighted by Gasteiger charge is 2.34. The van der Waals surface area contributed by atoms with Gasteiger partial charge in [-0.05, 0) is 61.4 Å². The number of benzene rings is 2. The normalized spacial score (nSPS) is 14.5. The molecule has 0 atom stereocenters. The first-order valence-corrected chi connectivity index (χ1v) is 10.4. The molecule has 3 rings (SSSR count). The van der Waals surface area contributed by atoms with Crippen LogP contribution in [0.2, 0.25) is 0 Å². The van der Waals surface area contributed by atoms with E-state index in [0.29, 0.717) is 34.9 Å². The van der Waals surface area contributed by atoms with Crippen LogP contribution in [0.25, 0.3) is 6.08 Å². The molecule has 32 heavy (non-hydrogen) atoms. The average molecular weight is 438 g/mol. The van der Waals surface area contributed by atoms with Gasteiger partial charge in [-0.1, -0.05) is 19.4 Å². The summed E-state index contributed by atoms with van der Waals surface area (Å²) in [6.07, 6.45) is 3.45. The molecular weight excluding hydrogens is 412 g/mol. The maximum absolute atomic E-state index is 12.9. The number of nitrogens with zero attached hydrogens (tertiary/aromatic N) is 1. The van der Waals surface area contributed by atoms with E-state index in [9.17, 15) is 14.4 Å². The third-order valence-corrected chi connectivity index (χ3v) is 4.78. The van der Waals surface area contributed by atoms with Gasteiger partial charge in [0, 0.05) is 0 Å². The second-order valence-electron chi connectivity index (χ2n) is 7.02. The zero-order valence-corrected chi connectivity index (χ0v) is 18.3. The predicted molar refractivity (Wildman–Crippen MR) is 119 cm³/mol. The molecular formula is C24H26N2O6. The van der Waals surface area contributed by atoms with E-state index < -0.39 is 17.8 Å². The van der Waals surface area contributed by atoms with Crippen LogP contribution in [0.5, 0.6) is 11.5 Å². The van der Waals surface area contributed by atoms with Crippen LogP contribution < -0.4 is 19.9 Å². The number of nitrogens with one attached hydrogen (secondary N) is 1. The SMILES string of the molecule is CCCCOc1ccc(C=C2C(=O)NN(c3ccc(C(=O)OCC)cc3)C2=O)cc1OC. The van der Waals surface area contributed by atoms with Crippen LogP contribution in [0.3, 0.4) is 0 Å². The molecule has 8 nitrogen and oxygen atoms in total. The predicted octanol–water partition coefficient (Wildman–Crippen LogP) is 3.51. The van der Waals surface area contributed by atoms with Crippen molar-refractivity contribution in [2.45, 2.75) is 26.7 Å². The first kappa shape index (κ1) is 22.9. The number of methoxy groups -OCH3 is 1. The zero-order chi connectivity index (χ0) is 23.1. The molecule has 0 saturated carbocycles. The van der Waals surface area contributed by atoms with Crippen molar-refractivity contribution in [3.05, 3.63) is 59.2 Å². The van der Waals surface area contributed by atoms with Gasteiger partial charge in [0.25, 0.3) is 11.8 Å². The third kappa shape index (κ3) is 5.08. The van der Waals surface area contributed by atoms with Crippen molar-refractivity contribution in [2.24, 2.45) is 0 Å². The number of hydrogen-bond donors (Lipinski definition) is 1. The first-order chi connectivity index (χ1) is 15.5. The van der Waals surface area contributed by atoms with Gasteiger partial charge < -0.3 is 14.2 Å². The molecule has 1 saturated heterocycles. The van der Waals surface area contributed by atoms with E-state index in [1.165, 1.54) is 25.3 Å². The Kier molecular flexibility index (Phi) is 7.49. The minimum absolute atomic E-state index is 0.0128. The Labute approximate surface area is 186 Å². The molecule has 0 bridgehead atoms. The summed E-state index contributed by atoms with van der Waals surface area (Å²) in [6, 6.07) is 11.4. The number of unbranched alkanes of at least 4 members (excludes halogenated alkanes) is 1. The molecule has 0 radical (unpaired) electrons. The van der Waals surface area contributed by atoms with Crippen molar-refractivity contribution in [1.82, 2.24) is 5.43 Å². The van der Waals surface area contributed by atoms with E-state index in [-0.39, 0.29) is 12.2 Å². The van der Waals surface area contributed by atoms with Crippen molar-refractivity contribution in [1.29, 1.82) is 0 Å². The van der Waals surface area contributed by atoms with Gasteiger partial charge in [0.05, 0.1) is 31.6 Å². The van der Waals surface area contributed by atoms with Gasteiger partial charge in [0.2, 0.25) is 0 Å². The number of hydrogen-bond acceptors (Lipinski definition) is 6. The molecule has 0 aromatic heterocycles. The molecule has 1 heterocycles. The van der Waals surface area contributed by atoms with Crippen molar-refractivity contribution in [3.8, 4) is 11.5 Å². The molecule has 1 N–H and O–H groups in total. The largest absolute Gasteiger partial charge is 0.493 e. The lowest BCUT2D eigenvalue weighted by molar-refractivity contribution is -0.117. The van der Waals surface area contributed by atoms with E-state index in [2.05, 4.69) is 12.3 Å². The number of carbonyl (C=O) groups is 3. The fraction of sp³-hybridized carbons (Fsp3) is 0.292. The molecule has 0 spiro atoms. The van der Waals surface area contributed by atoms with Gasteiger partial charge in [-0.2, -0.15) is 0 Å². The summed E-state index contributed by atoms with van der Waals surface area (Å²) in [4.78, 5) is 37.1. The van der Waals surface area contributed by atoms with Gasteiger partial charge in [0.1, 0.15) is 5.57 Å². The molecule has 2 aromatic rings. The van der Waals surface area contributed by atoms with Crippen LogP contribution in [0, 0.1) is 0 Å². The second-order valence-corrected chi connectivity index (χ2v) is 7.02. The first-order valence-electron chi connectivity index (χ1n) is 10.4. The van der Waals surface area contributed by atoms with E-state index in [4.69, 9.17) is 14.2 Å². The summed E-state index contributed by atoms with van der Waals surface area (Å²) in [5.74, 6) is -0.346. The summed E-state index contributed by atoms with van der Waals surface area (Å²) < 4.78 is 16.1. The maximum atomic E-state index is 12.9. The summed E-state index contributed by atoms with van der Waals surface area (Å²) >= 11 is 0. The second kappa shape index (κ2) is 10.5. The van der Waals surface area contributed by atoms with Crippen LogP contribution in [-0.4, -0.2) is 38.1 Å². The molecule has 168 valence electrons. The van der Waals surface area contributed by atoms with Crippen LogP contribution in [0.1, 0.15) is 42.6 Å². The summed E-state index contributed by atoms with van der Waals surface area (Å²) in [5.41, 5.74) is 3.94. The van der Waals surface area contributed by atoms with Crippen LogP contribution >= 0.6 is 0 Å². The quantitative estimate of drug-likeness (QED) is 0.279. The van der Waals surface area contributed by atoms with Crippen LogP contribution in [-0.2, 0) is 14.3 Å². The highest BCUT2D eigenvalue weighted by atomic mass is 16.5. The minimum Gasteiger partial charge on any atom is -0.493 e. The van der Waals surface area contributed by atoms with Gasteiger partial charge >= 0.3 is 5.97 Å². The molecule has 1 aliphatic rings. The molecule has 8 heteroatoms. The minimum atomic E-state index is -0.522. The summed E-state index contributed by atoms with van der Waals surface area (Å²) in [5, 5.41) is 1.14. The van der Waals surface area contributed by atoms with Gasteiger partial charge in [0.15, 0.2) is 11.5 Å². The Morgan fingerprint density at radius 3 is 2.47 bits per heavy atom. The van der Waals surface area contributed by atoms with E-state index in [0.717, 1.165) is 17.9 Å². The van der Waals surface area contributed by atoms with E-state index >= 15 is 0 Å². The lowest BCUT2D eigenvalue weighted by Gasteiger charge is -2.14. The molecule has 1 fully saturated rings. The summed E-state index contributed by atoms with van der Waals surface area (Å²) in [7, 11) is 1.54. The Bertz CT molecular complexity index is 1030. The fourth-order valence-electron chi connectivity index (χ4n) is 3.09. The lowest BCUT2D eigenvalue weighted by atomic mass is 10.1. The highest BCUT2D eigenvalue weighted by Crippen LogP contribution is 2.30. The van der Waals surface area contributed by atoms with Crippen molar-refractivity contribution in [2.75, 3.05) is 25.3 Å². The van der Waals surface area contributed by atoms with Gasteiger partial charge in [-0.3, -0.25) is 15.0 Å². The lowest BCUT2D eigenvalue weighted by Crippen LogP contribution is -2.35. The smallest absolute Gasteiger partial charge is 0.338 e. The number of esters is 1. The standard InChI is InChI=1S/C24H26N2O6/c1-4-6-13-32-20-12-7-16(15-21(20)30-3)14-19-22(27)25-26(23(19)28)18-10-8-17(9-11-18)24(29)31-5-2/h7-12,14-15H,4-6,13H2,1-3H3,(H,25,27). The molecule has 0 aliphatic carbocycles. The summed E-state index contributed by atoms with van der Waals surface area (Å²) in [6.45, 7) is 4.66. The Hall–Kier alpha value is -3.81. The number of hydrazine groups is 1. The topological polar surface area (TPSA) is 94.2 Å². The Morgan fingerprint density at radius 2 is 1.81 bits per heavy atom. The van der Waals surface area contributed by atoms with Crippen molar-refractivity contribution >= 4 is 29.5 Å². The molecule has 2 aromatic carbocycles. The number of carbonyl (C=O) groups excluding carboxylic acids is 3. The van der Waals surface area contributed by atoms with Crippen molar-refractivity contribution < 1.29 is 28.6 Å². The van der Waals surface area contributed by atoms with E-state index in [1.807, 2.05) is 0 Å². The Morgan fingerprint density at radius 1 is 1.06 bits per heavy atom. The fourth-order valence-corrected chi connectivity index (χ4v) is 3.09. The number of rotatable bonds is 9. The van der Waals surface area contributed by atoms with Gasteiger partial charge in [-0.25, -0.2) is 9.80 Å². The Balaban J connectivity index is 1.79. The van der Waals surface area contributed by atoms with Crippen LogP contribution in [0.4, 0.5) is 5.69 Å². The molecule has 1 aliphatic heterocycles. The van der Waals surface area contributed by atoms with Crippen LogP contribution in [0.15, 0.2) is 48.0 Å². The number of amides is 2. The molecule has 2 amide bonds. The maximum Gasteiger partial charge on any atom is 0.338 e. The highest BCUT2D eigenvalue weighted by molar-refractivity contribution is 6.31. The average Bonchev–Trinajstić information content (AvgIpc) is 3.08. The zero-order valence-electron chi connectivity index (χ0n) is 18.3. The van der Waals surface area contributed by atoms with Crippen molar-refractivity contribution in [3.63, 3.8) is 0 Å². The number of anilines is 1. The third-order valence-electron chi connectivity index (χ3n) is 4.78. The van der Waals surface area contributed by atoms with E-state index in [1.54, 1.807) is 37.3 Å². The molecule has 0 unspecified atom stereocenters. The number of ether oxygens (including phenoxy) is 3. The monoisotopic (exact) mass is 438 g/mol.